The van der Waals surface area contributed by atoms with Crippen molar-refractivity contribution in [2.45, 2.75) is 18.3 Å². The minimum atomic E-state index is -0.488. The lowest BCUT2D eigenvalue weighted by Gasteiger charge is -2.23. The highest BCUT2D eigenvalue weighted by molar-refractivity contribution is 9.10. The summed E-state index contributed by atoms with van der Waals surface area (Å²) in [5, 5.41) is 11.1. The van der Waals surface area contributed by atoms with Gasteiger partial charge in [0, 0.05) is 32.4 Å². The Morgan fingerprint density at radius 2 is 1.36 bits per heavy atom. The monoisotopic (exact) mass is 471 g/mol. The number of rotatable bonds is 6. The maximum absolute atomic E-state index is 12.9. The van der Waals surface area contributed by atoms with Gasteiger partial charge in [-0.25, -0.2) is 0 Å². The van der Waals surface area contributed by atoms with Gasteiger partial charge in [-0.05, 0) is 47.5 Å². The molecule has 2 nitrogen and oxygen atoms in total. The molecule has 3 aromatic rings. The van der Waals surface area contributed by atoms with Gasteiger partial charge in [0.1, 0.15) is 0 Å². The first-order chi connectivity index (χ1) is 13.5. The van der Waals surface area contributed by atoms with E-state index in [1.54, 1.807) is 36.4 Å². The van der Waals surface area contributed by atoms with Crippen LogP contribution in [-0.2, 0) is 0 Å². The summed E-state index contributed by atoms with van der Waals surface area (Å²) in [7, 11) is 0. The van der Waals surface area contributed by atoms with Crippen molar-refractivity contribution in [2.75, 3.05) is 0 Å². The van der Waals surface area contributed by atoms with Crippen molar-refractivity contribution in [1.29, 1.82) is 5.26 Å². The Labute approximate surface area is 182 Å². The Balaban J connectivity index is 1.97. The van der Waals surface area contributed by atoms with Crippen LogP contribution in [0.2, 0.25) is 10.0 Å². The summed E-state index contributed by atoms with van der Waals surface area (Å²) in [5.74, 6) is -0.806. The van der Waals surface area contributed by atoms with E-state index in [1.165, 1.54) is 0 Å². The second-order valence-electron chi connectivity index (χ2n) is 6.45. The minimum absolute atomic E-state index is 0.0123. The second kappa shape index (κ2) is 9.39. The number of carbonyl (C=O) groups excluding carboxylic acids is 1. The fourth-order valence-electron chi connectivity index (χ4n) is 3.16. The Morgan fingerprint density at radius 3 is 1.86 bits per heavy atom. The van der Waals surface area contributed by atoms with Crippen LogP contribution in [0.4, 0.5) is 0 Å². The molecule has 0 aromatic heterocycles. The lowest BCUT2D eigenvalue weighted by molar-refractivity contribution is 0.0971. The summed E-state index contributed by atoms with van der Waals surface area (Å²) in [5.41, 5.74) is 2.35. The van der Waals surface area contributed by atoms with Crippen molar-refractivity contribution < 1.29 is 4.79 Å². The predicted molar refractivity (Wildman–Crippen MR) is 117 cm³/mol. The molecule has 0 aliphatic carbocycles. The number of hydrogen-bond donors (Lipinski definition) is 0. The van der Waals surface area contributed by atoms with Gasteiger partial charge in [-0.15, -0.1) is 0 Å². The first-order valence-corrected chi connectivity index (χ1v) is 10.2. The van der Waals surface area contributed by atoms with E-state index in [2.05, 4.69) is 22.0 Å². The highest BCUT2D eigenvalue weighted by Crippen LogP contribution is 2.37. The molecule has 0 amide bonds. The summed E-state index contributed by atoms with van der Waals surface area (Å²) in [6.45, 7) is 0. The minimum Gasteiger partial charge on any atom is -0.294 e. The number of nitriles is 1. The number of hydrogen-bond acceptors (Lipinski definition) is 2. The summed E-state index contributed by atoms with van der Waals surface area (Å²) < 4.78 is 0.911. The zero-order valence-electron chi connectivity index (χ0n) is 14.8. The molecule has 0 fully saturated rings. The van der Waals surface area contributed by atoms with Gasteiger partial charge >= 0.3 is 0 Å². The number of benzene rings is 3. The molecule has 0 saturated heterocycles. The van der Waals surface area contributed by atoms with Gasteiger partial charge in [0.2, 0.25) is 0 Å². The van der Waals surface area contributed by atoms with Crippen molar-refractivity contribution in [3.63, 3.8) is 0 Å². The molecule has 0 unspecified atom stereocenters. The molecule has 0 bridgehead atoms. The summed E-state index contributed by atoms with van der Waals surface area (Å²) >= 11 is 15.4. The van der Waals surface area contributed by atoms with E-state index in [0.29, 0.717) is 15.6 Å². The van der Waals surface area contributed by atoms with Crippen LogP contribution in [0.5, 0.6) is 0 Å². The average molecular weight is 473 g/mol. The van der Waals surface area contributed by atoms with E-state index >= 15 is 0 Å². The lowest BCUT2D eigenvalue weighted by Crippen LogP contribution is -2.15. The molecule has 0 heterocycles. The molecule has 28 heavy (non-hydrogen) atoms. The second-order valence-corrected chi connectivity index (χ2v) is 8.24. The van der Waals surface area contributed by atoms with Gasteiger partial charge in [0.15, 0.2) is 5.78 Å². The smallest absolute Gasteiger partial charge is 0.163 e. The van der Waals surface area contributed by atoms with E-state index in [-0.39, 0.29) is 18.1 Å². The summed E-state index contributed by atoms with van der Waals surface area (Å²) in [6.07, 6.45) is 0.212. The maximum Gasteiger partial charge on any atom is 0.163 e. The van der Waals surface area contributed by atoms with Gasteiger partial charge in [-0.3, -0.25) is 4.79 Å². The molecule has 0 radical (unpaired) electrons. The zero-order chi connectivity index (χ0) is 20.1. The Bertz CT molecular complexity index is 993. The van der Waals surface area contributed by atoms with Crippen LogP contribution in [-0.4, -0.2) is 5.78 Å². The van der Waals surface area contributed by atoms with Crippen LogP contribution < -0.4 is 0 Å². The van der Waals surface area contributed by atoms with Gasteiger partial charge in [0.05, 0.1) is 12.0 Å². The van der Waals surface area contributed by atoms with Gasteiger partial charge in [-0.1, -0.05) is 75.5 Å². The van der Waals surface area contributed by atoms with Crippen molar-refractivity contribution in [1.82, 2.24) is 0 Å². The molecule has 140 valence electrons. The molecular weight excluding hydrogens is 457 g/mol. The number of ketones is 1. The Kier molecular flexibility index (Phi) is 6.91. The first kappa shape index (κ1) is 20.6. The largest absolute Gasteiger partial charge is 0.294 e. The molecular formula is C23H16BrCl2NO. The number of Topliss-reactive ketones (excluding diaryl/α,β-unsaturated/α-hetero) is 1. The Hall–Kier alpha value is -2.12. The quantitative estimate of drug-likeness (QED) is 0.350. The molecule has 2 atom stereocenters. The van der Waals surface area contributed by atoms with E-state index < -0.39 is 5.92 Å². The van der Waals surface area contributed by atoms with Crippen molar-refractivity contribution >= 4 is 44.9 Å². The van der Waals surface area contributed by atoms with E-state index in [0.717, 1.165) is 15.6 Å². The molecule has 3 aromatic carbocycles. The topological polar surface area (TPSA) is 40.9 Å². The van der Waals surface area contributed by atoms with Crippen molar-refractivity contribution in [3.8, 4) is 6.07 Å². The normalized spacial score (nSPS) is 12.8. The van der Waals surface area contributed by atoms with Gasteiger partial charge in [-0.2, -0.15) is 5.26 Å². The van der Waals surface area contributed by atoms with Crippen LogP contribution in [0.15, 0.2) is 77.3 Å². The third kappa shape index (κ3) is 5.02. The highest BCUT2D eigenvalue weighted by Gasteiger charge is 2.27. The SMILES string of the molecule is N#C[C@H](c1ccc(Cl)cc1)[C@@H](CC(=O)c1ccc(Br)cc1)c1ccc(Cl)cc1. The molecule has 0 spiro atoms. The van der Waals surface area contributed by atoms with Crippen LogP contribution in [0.3, 0.4) is 0 Å². The number of carbonyl (C=O) groups is 1. The van der Waals surface area contributed by atoms with Crippen molar-refractivity contribution in [3.05, 3.63) is 104 Å². The standard InChI is InChI=1S/C23H16BrCl2NO/c24-18-7-1-17(2-8-18)23(28)13-21(15-3-9-19(25)10-4-15)22(14-27)16-5-11-20(26)12-6-16/h1-12,21-22H,13H2/t21-,22+/m0/s1. The summed E-state index contributed by atoms with van der Waals surface area (Å²) in [4.78, 5) is 12.9. The average Bonchev–Trinajstić information content (AvgIpc) is 2.70. The molecule has 0 saturated carbocycles. The highest BCUT2D eigenvalue weighted by atomic mass is 79.9. The molecule has 0 N–H and O–H groups in total. The maximum atomic E-state index is 12.9. The van der Waals surface area contributed by atoms with Crippen molar-refractivity contribution in [2.24, 2.45) is 0 Å². The molecule has 0 aliphatic heterocycles. The molecule has 0 aliphatic rings. The van der Waals surface area contributed by atoms with Crippen LogP contribution >= 0.6 is 39.1 Å². The third-order valence-corrected chi connectivity index (χ3v) is 5.67. The Morgan fingerprint density at radius 1 is 0.857 bits per heavy atom. The number of halogens is 3. The van der Waals surface area contributed by atoms with E-state index in [1.807, 2.05) is 36.4 Å². The van der Waals surface area contributed by atoms with Gasteiger partial charge in [0.25, 0.3) is 0 Å². The van der Waals surface area contributed by atoms with E-state index in [9.17, 15) is 10.1 Å². The number of nitrogens with zero attached hydrogens (tertiary/aromatic N) is 1. The zero-order valence-corrected chi connectivity index (χ0v) is 17.9. The van der Waals surface area contributed by atoms with Crippen LogP contribution in [0.1, 0.15) is 39.7 Å². The lowest BCUT2D eigenvalue weighted by atomic mass is 9.78. The fourth-order valence-corrected chi connectivity index (χ4v) is 3.67. The molecule has 5 heteroatoms. The fraction of sp³-hybridized carbons (Fsp3) is 0.130. The summed E-state index contributed by atoms with van der Waals surface area (Å²) in [6, 6.07) is 24.1. The van der Waals surface area contributed by atoms with Crippen LogP contribution in [0.25, 0.3) is 0 Å². The van der Waals surface area contributed by atoms with Crippen LogP contribution in [0, 0.1) is 11.3 Å². The first-order valence-electron chi connectivity index (χ1n) is 8.67. The third-order valence-electron chi connectivity index (χ3n) is 4.64. The predicted octanol–water partition coefficient (Wildman–Crippen LogP) is 7.42. The van der Waals surface area contributed by atoms with Gasteiger partial charge < -0.3 is 0 Å². The molecule has 3 rings (SSSR count). The van der Waals surface area contributed by atoms with E-state index in [4.69, 9.17) is 23.2 Å².